The molecule has 3 fully saturated rings. The normalized spacial score (nSPS) is 45.2. The Kier molecular flexibility index (Phi) is 4.56. The van der Waals surface area contributed by atoms with Crippen molar-refractivity contribution in [3.05, 3.63) is 0 Å². The molecule has 0 bridgehead atoms. The van der Waals surface area contributed by atoms with Crippen LogP contribution in [0.1, 0.15) is 79.6 Å². The van der Waals surface area contributed by atoms with Crippen LogP contribution < -0.4 is 0 Å². The summed E-state index contributed by atoms with van der Waals surface area (Å²) in [5.74, 6) is 1.54. The zero-order valence-corrected chi connectivity index (χ0v) is 16.5. The van der Waals surface area contributed by atoms with Gasteiger partial charge < -0.3 is 9.47 Å². The number of esters is 1. The molecule has 138 valence electrons. The first-order valence-electron chi connectivity index (χ1n) is 9.87. The van der Waals surface area contributed by atoms with Crippen molar-refractivity contribution in [3.63, 3.8) is 0 Å². The van der Waals surface area contributed by atoms with Crippen molar-refractivity contribution in [1.29, 1.82) is 0 Å². The first-order chi connectivity index (χ1) is 11.1. The second-order valence-corrected chi connectivity index (χ2v) is 9.95. The smallest absolute Gasteiger partial charge is 0.305 e. The van der Waals surface area contributed by atoms with Crippen LogP contribution in [0, 0.1) is 28.6 Å². The average Bonchev–Trinajstić information content (AvgIpc) is 2.85. The Morgan fingerprint density at radius 2 is 1.88 bits per heavy atom. The monoisotopic (exact) mass is 336 g/mol. The third-order valence-electron chi connectivity index (χ3n) is 7.98. The molecular formula is C21H36O3. The lowest BCUT2D eigenvalue weighted by molar-refractivity contribution is -0.160. The molecule has 6 atom stereocenters. The molecule has 0 aromatic carbocycles. The van der Waals surface area contributed by atoms with E-state index in [1.807, 2.05) is 0 Å². The predicted molar refractivity (Wildman–Crippen MR) is 95.6 cm³/mol. The Morgan fingerprint density at radius 1 is 1.17 bits per heavy atom. The molecule has 0 unspecified atom stereocenters. The van der Waals surface area contributed by atoms with Gasteiger partial charge in [0, 0.05) is 0 Å². The fourth-order valence-electron chi connectivity index (χ4n) is 6.72. The van der Waals surface area contributed by atoms with Gasteiger partial charge in [0.2, 0.25) is 0 Å². The summed E-state index contributed by atoms with van der Waals surface area (Å²) in [7, 11) is 1.47. The van der Waals surface area contributed by atoms with Crippen molar-refractivity contribution in [2.45, 2.75) is 91.3 Å². The highest BCUT2D eigenvalue weighted by atomic mass is 16.5. The zero-order chi connectivity index (χ0) is 17.8. The van der Waals surface area contributed by atoms with Gasteiger partial charge in [0.15, 0.2) is 0 Å². The van der Waals surface area contributed by atoms with Gasteiger partial charge in [-0.3, -0.25) is 4.79 Å². The lowest BCUT2D eigenvalue weighted by Gasteiger charge is -2.60. The van der Waals surface area contributed by atoms with Crippen LogP contribution in [0.2, 0.25) is 0 Å². The van der Waals surface area contributed by atoms with Gasteiger partial charge in [-0.2, -0.15) is 0 Å². The van der Waals surface area contributed by atoms with Gasteiger partial charge >= 0.3 is 5.97 Å². The summed E-state index contributed by atoms with van der Waals surface area (Å²) in [5.41, 5.74) is 0.826. The first-order valence-corrected chi connectivity index (χ1v) is 9.87. The van der Waals surface area contributed by atoms with Crippen LogP contribution in [-0.4, -0.2) is 24.8 Å². The number of ether oxygens (including phenoxy) is 2. The molecule has 2 aliphatic carbocycles. The number of hydrogen-bond acceptors (Lipinski definition) is 3. The number of fused-ring (bicyclic) bond motifs is 3. The Morgan fingerprint density at radius 3 is 2.54 bits per heavy atom. The molecule has 3 aliphatic rings. The molecular weight excluding hydrogens is 300 g/mol. The molecule has 2 saturated carbocycles. The van der Waals surface area contributed by atoms with E-state index in [-0.39, 0.29) is 23.6 Å². The van der Waals surface area contributed by atoms with Crippen molar-refractivity contribution in [2.75, 3.05) is 7.11 Å². The Bertz CT molecular complexity index is 499. The van der Waals surface area contributed by atoms with Crippen molar-refractivity contribution < 1.29 is 14.3 Å². The number of carbonyl (C=O) groups excluding carboxylic acids is 1. The molecule has 3 heteroatoms. The molecule has 0 spiro atoms. The summed E-state index contributed by atoms with van der Waals surface area (Å²) in [6.07, 6.45) is 8.27. The average molecular weight is 337 g/mol. The first kappa shape index (κ1) is 18.2. The van der Waals surface area contributed by atoms with Crippen LogP contribution in [0.3, 0.4) is 0 Å². The predicted octanol–water partition coefficient (Wildman–Crippen LogP) is 4.98. The summed E-state index contributed by atoms with van der Waals surface area (Å²) in [4.78, 5) is 11.7. The lowest BCUT2D eigenvalue weighted by atomic mass is 9.45. The molecule has 0 aromatic rings. The summed E-state index contributed by atoms with van der Waals surface area (Å²) < 4.78 is 11.5. The van der Waals surface area contributed by atoms with E-state index in [9.17, 15) is 4.79 Å². The topological polar surface area (TPSA) is 35.5 Å². The van der Waals surface area contributed by atoms with Crippen molar-refractivity contribution >= 4 is 5.97 Å². The van der Waals surface area contributed by atoms with Gasteiger partial charge in [-0.15, -0.1) is 0 Å². The number of hydrogen-bond donors (Lipinski definition) is 0. The third kappa shape index (κ3) is 2.81. The Hall–Kier alpha value is -0.570. The minimum atomic E-state index is -0.117. The van der Waals surface area contributed by atoms with Crippen molar-refractivity contribution in [3.8, 4) is 0 Å². The molecule has 0 N–H and O–H groups in total. The molecule has 24 heavy (non-hydrogen) atoms. The minimum absolute atomic E-state index is 0.00623. The maximum absolute atomic E-state index is 11.7. The quantitative estimate of drug-likeness (QED) is 0.682. The van der Waals surface area contributed by atoms with E-state index in [0.29, 0.717) is 23.2 Å². The molecule has 0 radical (unpaired) electrons. The molecule has 1 saturated heterocycles. The zero-order valence-electron chi connectivity index (χ0n) is 16.5. The summed E-state index contributed by atoms with van der Waals surface area (Å²) in [6.45, 7) is 12.0. The van der Waals surface area contributed by atoms with Crippen LogP contribution in [0.5, 0.6) is 0 Å². The highest BCUT2D eigenvalue weighted by molar-refractivity contribution is 5.69. The van der Waals surface area contributed by atoms with E-state index in [2.05, 4.69) is 34.6 Å². The fraction of sp³-hybridized carbons (Fsp3) is 0.952. The second-order valence-electron chi connectivity index (χ2n) is 9.95. The van der Waals surface area contributed by atoms with Gasteiger partial charge in [-0.1, -0.05) is 34.1 Å². The van der Waals surface area contributed by atoms with Crippen LogP contribution in [0.25, 0.3) is 0 Å². The molecule has 1 heterocycles. The van der Waals surface area contributed by atoms with Crippen molar-refractivity contribution in [2.24, 2.45) is 28.6 Å². The number of carbonyl (C=O) groups is 1. The van der Waals surface area contributed by atoms with Gasteiger partial charge in [-0.05, 0) is 67.6 Å². The molecule has 1 aliphatic heterocycles. The van der Waals surface area contributed by atoms with E-state index in [4.69, 9.17) is 9.47 Å². The van der Waals surface area contributed by atoms with Crippen LogP contribution in [-0.2, 0) is 14.3 Å². The summed E-state index contributed by atoms with van der Waals surface area (Å²) in [6, 6.07) is 0. The summed E-state index contributed by atoms with van der Waals surface area (Å²) >= 11 is 0. The van der Waals surface area contributed by atoms with Gasteiger partial charge in [-0.25, -0.2) is 0 Å². The third-order valence-corrected chi connectivity index (χ3v) is 7.98. The second kappa shape index (κ2) is 6.00. The van der Waals surface area contributed by atoms with Crippen molar-refractivity contribution in [1.82, 2.24) is 0 Å². The molecule has 0 amide bonds. The van der Waals surface area contributed by atoms with E-state index in [0.717, 1.165) is 12.3 Å². The van der Waals surface area contributed by atoms with Gasteiger partial charge in [0.25, 0.3) is 0 Å². The Balaban J connectivity index is 1.81. The maximum Gasteiger partial charge on any atom is 0.305 e. The van der Waals surface area contributed by atoms with E-state index in [1.54, 1.807) is 0 Å². The summed E-state index contributed by atoms with van der Waals surface area (Å²) in [5, 5.41) is 0. The highest BCUT2D eigenvalue weighted by Crippen LogP contribution is 2.66. The van der Waals surface area contributed by atoms with E-state index >= 15 is 0 Å². The van der Waals surface area contributed by atoms with Gasteiger partial charge in [0.1, 0.15) is 0 Å². The number of methoxy groups -OCH3 is 1. The lowest BCUT2D eigenvalue weighted by Crippen LogP contribution is -2.55. The Labute approximate surface area is 147 Å². The SMILES string of the molecule is COC(=O)C[C@@H](C)[C@H]1C[C@@H]2[C@@]3(C)CCCC(C)(C)[C@@H]3CC[C@@]2(C)O1. The standard InChI is InChI=1S/C21H36O3/c1-14(12-18(22)23-6)15-13-17-20(4)10-7-9-19(2,3)16(20)8-11-21(17,5)24-15/h14-17H,7-13H2,1-6H3/t14-,15-,16+,17-,20+,21-/m1/s1. The highest BCUT2D eigenvalue weighted by Gasteiger charge is 2.62. The number of rotatable bonds is 3. The van der Waals surface area contributed by atoms with E-state index in [1.165, 1.54) is 39.2 Å². The van der Waals surface area contributed by atoms with Crippen LogP contribution in [0.15, 0.2) is 0 Å². The molecule has 3 nitrogen and oxygen atoms in total. The van der Waals surface area contributed by atoms with Gasteiger partial charge in [0.05, 0.1) is 25.2 Å². The van der Waals surface area contributed by atoms with E-state index < -0.39 is 0 Å². The maximum atomic E-state index is 11.7. The van der Waals surface area contributed by atoms with Crippen LogP contribution in [0.4, 0.5) is 0 Å². The van der Waals surface area contributed by atoms with Crippen LogP contribution >= 0.6 is 0 Å². The fourth-order valence-corrected chi connectivity index (χ4v) is 6.72. The molecule has 3 rings (SSSR count). The minimum Gasteiger partial charge on any atom is -0.469 e. The molecule has 0 aromatic heterocycles. The largest absolute Gasteiger partial charge is 0.469 e.